The molecule has 90 valence electrons. The molecule has 0 fully saturated rings. The second kappa shape index (κ2) is 4.76. The topological polar surface area (TPSA) is 61.8 Å². The predicted octanol–water partition coefficient (Wildman–Crippen LogP) is 3.33. The number of nitrogens with zero attached hydrogens (tertiary/aromatic N) is 1. The lowest BCUT2D eigenvalue weighted by Gasteiger charge is -2.11. The van der Waals surface area contributed by atoms with E-state index < -0.39 is 5.82 Å². The molecule has 4 heteroatoms. The number of anilines is 3. The van der Waals surface area contributed by atoms with Gasteiger partial charge in [-0.1, -0.05) is 6.07 Å². The summed E-state index contributed by atoms with van der Waals surface area (Å²) in [6.07, 6.45) is 0. The Kier molecular flexibility index (Phi) is 3.16. The number of nitrogens with one attached hydrogen (secondary N) is 1. The summed E-state index contributed by atoms with van der Waals surface area (Å²) >= 11 is 0. The van der Waals surface area contributed by atoms with Crippen molar-refractivity contribution < 1.29 is 4.39 Å². The van der Waals surface area contributed by atoms with Gasteiger partial charge in [0, 0.05) is 11.4 Å². The van der Waals surface area contributed by atoms with Crippen molar-refractivity contribution in [1.82, 2.24) is 0 Å². The Bertz CT molecular complexity index is 629. The molecule has 0 atom stereocenters. The van der Waals surface area contributed by atoms with Crippen LogP contribution < -0.4 is 11.1 Å². The molecule has 0 aliphatic heterocycles. The quantitative estimate of drug-likeness (QED) is 0.793. The van der Waals surface area contributed by atoms with E-state index in [0.717, 1.165) is 11.3 Å². The number of rotatable bonds is 2. The molecule has 0 radical (unpaired) electrons. The lowest BCUT2D eigenvalue weighted by Crippen LogP contribution is -1.99. The number of nitrogen functional groups attached to an aromatic ring is 1. The first-order chi connectivity index (χ1) is 8.61. The molecular weight excluding hydrogens is 229 g/mol. The molecule has 2 rings (SSSR count). The molecule has 0 spiro atoms. The van der Waals surface area contributed by atoms with Crippen LogP contribution in [0, 0.1) is 24.1 Å². The monoisotopic (exact) mass is 241 g/mol. The van der Waals surface area contributed by atoms with Crippen molar-refractivity contribution in [2.45, 2.75) is 6.92 Å². The summed E-state index contributed by atoms with van der Waals surface area (Å²) in [4.78, 5) is 0. The van der Waals surface area contributed by atoms with Crippen LogP contribution >= 0.6 is 0 Å². The standard InChI is InChI=1S/C14H12FN3/c1-9-12(17)3-2-4-13(9)18-14-6-5-10(8-16)7-11(14)15/h2-7,18H,17H2,1H3. The zero-order valence-corrected chi connectivity index (χ0v) is 9.87. The third kappa shape index (κ3) is 2.25. The Labute approximate surface area is 105 Å². The SMILES string of the molecule is Cc1c(N)cccc1Nc1ccc(C#N)cc1F. The van der Waals surface area contributed by atoms with E-state index in [1.807, 2.05) is 19.1 Å². The van der Waals surface area contributed by atoms with E-state index in [1.165, 1.54) is 12.1 Å². The number of benzene rings is 2. The van der Waals surface area contributed by atoms with Crippen LogP contribution in [0.4, 0.5) is 21.5 Å². The highest BCUT2D eigenvalue weighted by Crippen LogP contribution is 2.26. The van der Waals surface area contributed by atoms with Gasteiger partial charge in [-0.05, 0) is 42.8 Å². The first-order valence-electron chi connectivity index (χ1n) is 5.43. The maximum Gasteiger partial charge on any atom is 0.147 e. The van der Waals surface area contributed by atoms with Gasteiger partial charge in [0.1, 0.15) is 5.82 Å². The Morgan fingerprint density at radius 2 is 2.00 bits per heavy atom. The Morgan fingerprint density at radius 3 is 2.67 bits per heavy atom. The molecule has 0 unspecified atom stereocenters. The van der Waals surface area contributed by atoms with Crippen LogP contribution in [0.2, 0.25) is 0 Å². The van der Waals surface area contributed by atoms with E-state index in [-0.39, 0.29) is 0 Å². The van der Waals surface area contributed by atoms with Crippen LogP contribution in [0.3, 0.4) is 0 Å². The molecule has 18 heavy (non-hydrogen) atoms. The van der Waals surface area contributed by atoms with E-state index in [9.17, 15) is 4.39 Å². The summed E-state index contributed by atoms with van der Waals surface area (Å²) in [6, 6.07) is 11.6. The molecule has 0 saturated carbocycles. The molecule has 0 bridgehead atoms. The number of hydrogen-bond donors (Lipinski definition) is 2. The number of halogens is 1. The largest absolute Gasteiger partial charge is 0.398 e. The minimum absolute atomic E-state index is 0.294. The van der Waals surface area contributed by atoms with Crippen molar-refractivity contribution in [2.75, 3.05) is 11.1 Å². The summed E-state index contributed by atoms with van der Waals surface area (Å²) in [5.41, 5.74) is 8.66. The summed E-state index contributed by atoms with van der Waals surface area (Å²) in [7, 11) is 0. The highest BCUT2D eigenvalue weighted by Gasteiger charge is 2.06. The highest BCUT2D eigenvalue weighted by atomic mass is 19.1. The number of hydrogen-bond acceptors (Lipinski definition) is 3. The van der Waals surface area contributed by atoms with Gasteiger partial charge in [-0.25, -0.2) is 4.39 Å². The van der Waals surface area contributed by atoms with Crippen LogP contribution in [0.25, 0.3) is 0 Å². The minimum Gasteiger partial charge on any atom is -0.398 e. The second-order valence-corrected chi connectivity index (χ2v) is 3.95. The first kappa shape index (κ1) is 11.9. The molecule has 0 heterocycles. The molecule has 2 aromatic rings. The molecule has 3 nitrogen and oxygen atoms in total. The van der Waals surface area contributed by atoms with Crippen LogP contribution in [0.5, 0.6) is 0 Å². The summed E-state index contributed by atoms with van der Waals surface area (Å²) in [5, 5.41) is 11.6. The third-order valence-corrected chi connectivity index (χ3v) is 2.74. The number of nitrogens with two attached hydrogens (primary N) is 1. The van der Waals surface area contributed by atoms with Crippen LogP contribution in [-0.2, 0) is 0 Å². The molecule has 0 saturated heterocycles. The molecule has 0 aromatic heterocycles. The molecule has 0 aliphatic rings. The van der Waals surface area contributed by atoms with Gasteiger partial charge < -0.3 is 11.1 Å². The van der Waals surface area contributed by atoms with Crippen LogP contribution in [-0.4, -0.2) is 0 Å². The van der Waals surface area contributed by atoms with Crippen molar-refractivity contribution >= 4 is 17.1 Å². The Morgan fingerprint density at radius 1 is 1.22 bits per heavy atom. The summed E-state index contributed by atoms with van der Waals surface area (Å²) in [6.45, 7) is 1.86. The summed E-state index contributed by atoms with van der Waals surface area (Å²) in [5.74, 6) is -0.462. The van der Waals surface area contributed by atoms with Gasteiger partial charge in [0.15, 0.2) is 0 Å². The normalized spacial score (nSPS) is 9.83. The average Bonchev–Trinajstić information content (AvgIpc) is 2.37. The minimum atomic E-state index is -0.462. The first-order valence-corrected chi connectivity index (χ1v) is 5.43. The van der Waals surface area contributed by atoms with Crippen LogP contribution in [0.1, 0.15) is 11.1 Å². The average molecular weight is 241 g/mol. The van der Waals surface area contributed by atoms with Crippen molar-refractivity contribution in [1.29, 1.82) is 5.26 Å². The van der Waals surface area contributed by atoms with Crippen molar-refractivity contribution in [3.05, 3.63) is 53.3 Å². The van der Waals surface area contributed by atoms with Gasteiger partial charge in [0.2, 0.25) is 0 Å². The molecule has 0 amide bonds. The number of nitriles is 1. The maximum absolute atomic E-state index is 13.7. The zero-order chi connectivity index (χ0) is 13.1. The highest BCUT2D eigenvalue weighted by molar-refractivity contribution is 5.69. The third-order valence-electron chi connectivity index (χ3n) is 2.74. The van der Waals surface area contributed by atoms with E-state index in [0.29, 0.717) is 16.9 Å². The smallest absolute Gasteiger partial charge is 0.147 e. The van der Waals surface area contributed by atoms with Gasteiger partial charge in [-0.3, -0.25) is 0 Å². The maximum atomic E-state index is 13.7. The van der Waals surface area contributed by atoms with Gasteiger partial charge in [0.05, 0.1) is 17.3 Å². The van der Waals surface area contributed by atoms with E-state index in [1.54, 1.807) is 18.2 Å². The van der Waals surface area contributed by atoms with Crippen molar-refractivity contribution in [3.8, 4) is 6.07 Å². The van der Waals surface area contributed by atoms with Crippen molar-refractivity contribution in [2.24, 2.45) is 0 Å². The lowest BCUT2D eigenvalue weighted by molar-refractivity contribution is 0.631. The zero-order valence-electron chi connectivity index (χ0n) is 9.87. The summed E-state index contributed by atoms with van der Waals surface area (Å²) < 4.78 is 13.7. The van der Waals surface area contributed by atoms with E-state index >= 15 is 0 Å². The predicted molar refractivity (Wildman–Crippen MR) is 70.0 cm³/mol. The molecule has 0 aliphatic carbocycles. The van der Waals surface area contributed by atoms with Gasteiger partial charge in [0.25, 0.3) is 0 Å². The molecule has 2 aromatic carbocycles. The van der Waals surface area contributed by atoms with Crippen molar-refractivity contribution in [3.63, 3.8) is 0 Å². The lowest BCUT2D eigenvalue weighted by atomic mass is 10.1. The van der Waals surface area contributed by atoms with Crippen LogP contribution in [0.15, 0.2) is 36.4 Å². The van der Waals surface area contributed by atoms with Gasteiger partial charge in [-0.2, -0.15) is 5.26 Å². The van der Waals surface area contributed by atoms with E-state index in [4.69, 9.17) is 11.0 Å². The fourth-order valence-electron chi connectivity index (χ4n) is 1.62. The Balaban J connectivity index is 2.35. The molecular formula is C14H12FN3. The van der Waals surface area contributed by atoms with Gasteiger partial charge >= 0.3 is 0 Å². The Hall–Kier alpha value is -2.54. The molecule has 3 N–H and O–H groups in total. The van der Waals surface area contributed by atoms with Gasteiger partial charge in [-0.15, -0.1) is 0 Å². The van der Waals surface area contributed by atoms with E-state index in [2.05, 4.69) is 5.32 Å². The second-order valence-electron chi connectivity index (χ2n) is 3.95. The fraction of sp³-hybridized carbons (Fsp3) is 0.0714. The fourth-order valence-corrected chi connectivity index (χ4v) is 1.62.